The molecule has 0 atom stereocenters. The highest BCUT2D eigenvalue weighted by Gasteiger charge is 2.23. The molecule has 2 rings (SSSR count). The SMILES string of the molecule is CCOC(=O)N1CCN(C(=NC)NCc2ccc(Br)s2)CC1.I. The summed E-state index contributed by atoms with van der Waals surface area (Å²) in [5.74, 6) is 0.869. The third-order valence-electron chi connectivity index (χ3n) is 3.37. The van der Waals surface area contributed by atoms with Crippen LogP contribution in [0.3, 0.4) is 0 Å². The molecule has 1 aromatic heterocycles. The van der Waals surface area contributed by atoms with Gasteiger partial charge in [-0.2, -0.15) is 0 Å². The lowest BCUT2D eigenvalue weighted by molar-refractivity contribution is 0.0914. The highest BCUT2D eigenvalue weighted by molar-refractivity contribution is 14.0. The third-order valence-corrected chi connectivity index (χ3v) is 4.99. The fourth-order valence-corrected chi connectivity index (χ4v) is 3.68. The van der Waals surface area contributed by atoms with E-state index in [0.717, 1.165) is 29.4 Å². The van der Waals surface area contributed by atoms with Gasteiger partial charge in [-0.3, -0.25) is 4.99 Å². The molecule has 0 bridgehead atoms. The number of carbonyl (C=O) groups excluding carboxylic acids is 1. The van der Waals surface area contributed by atoms with Crippen LogP contribution in [-0.2, 0) is 11.3 Å². The van der Waals surface area contributed by atoms with Gasteiger partial charge in [0, 0.05) is 38.1 Å². The van der Waals surface area contributed by atoms with Gasteiger partial charge in [0.15, 0.2) is 5.96 Å². The first kappa shape index (κ1) is 20.5. The number of hydrogen-bond acceptors (Lipinski definition) is 4. The summed E-state index contributed by atoms with van der Waals surface area (Å²) in [6.07, 6.45) is -0.228. The van der Waals surface area contributed by atoms with Crippen molar-refractivity contribution < 1.29 is 9.53 Å². The first-order valence-corrected chi connectivity index (χ1v) is 8.86. The zero-order chi connectivity index (χ0) is 15.9. The summed E-state index contributed by atoms with van der Waals surface area (Å²) in [6.45, 7) is 5.82. The van der Waals surface area contributed by atoms with Gasteiger partial charge in [-0.25, -0.2) is 4.79 Å². The quantitative estimate of drug-likeness (QED) is 0.381. The molecule has 1 amide bonds. The highest BCUT2D eigenvalue weighted by Crippen LogP contribution is 2.21. The predicted octanol–water partition coefficient (Wildman–Crippen LogP) is 2.98. The Morgan fingerprint density at radius 1 is 1.35 bits per heavy atom. The van der Waals surface area contributed by atoms with Crippen molar-refractivity contribution in [3.63, 3.8) is 0 Å². The lowest BCUT2D eigenvalue weighted by Gasteiger charge is -2.35. The van der Waals surface area contributed by atoms with Crippen molar-refractivity contribution in [2.75, 3.05) is 39.8 Å². The summed E-state index contributed by atoms with van der Waals surface area (Å²) >= 11 is 5.17. The number of hydrogen-bond donors (Lipinski definition) is 1. The van der Waals surface area contributed by atoms with Crippen LogP contribution >= 0.6 is 51.2 Å². The number of thiophene rings is 1. The smallest absolute Gasteiger partial charge is 0.409 e. The van der Waals surface area contributed by atoms with Crippen molar-refractivity contribution in [3.8, 4) is 0 Å². The largest absolute Gasteiger partial charge is 0.450 e. The molecule has 9 heteroatoms. The average molecular weight is 517 g/mol. The summed E-state index contributed by atoms with van der Waals surface area (Å²) in [6, 6.07) is 4.14. The van der Waals surface area contributed by atoms with Crippen molar-refractivity contribution in [1.82, 2.24) is 15.1 Å². The molecule has 0 aliphatic carbocycles. The first-order valence-electron chi connectivity index (χ1n) is 7.25. The number of nitrogens with one attached hydrogen (secondary N) is 1. The average Bonchev–Trinajstić information content (AvgIpc) is 2.94. The van der Waals surface area contributed by atoms with Crippen molar-refractivity contribution >= 4 is 63.3 Å². The van der Waals surface area contributed by atoms with Gasteiger partial charge < -0.3 is 19.9 Å². The number of rotatable bonds is 3. The molecule has 0 spiro atoms. The van der Waals surface area contributed by atoms with Gasteiger partial charge in [0.25, 0.3) is 0 Å². The van der Waals surface area contributed by atoms with Crippen molar-refractivity contribution in [2.24, 2.45) is 4.99 Å². The molecule has 1 N–H and O–H groups in total. The molecule has 2 heterocycles. The maximum atomic E-state index is 11.7. The van der Waals surface area contributed by atoms with Crippen LogP contribution in [0.2, 0.25) is 0 Å². The van der Waals surface area contributed by atoms with Crippen LogP contribution in [0.5, 0.6) is 0 Å². The van der Waals surface area contributed by atoms with E-state index in [4.69, 9.17) is 4.74 Å². The second-order valence-electron chi connectivity index (χ2n) is 4.78. The topological polar surface area (TPSA) is 57.2 Å². The third kappa shape index (κ3) is 6.11. The zero-order valence-electron chi connectivity index (χ0n) is 13.2. The molecular formula is C14H22BrIN4O2S. The van der Waals surface area contributed by atoms with E-state index < -0.39 is 0 Å². The van der Waals surface area contributed by atoms with E-state index in [9.17, 15) is 4.79 Å². The number of halogens is 2. The standard InChI is InChI=1S/C14H21BrN4O2S.HI/c1-3-21-14(20)19-8-6-18(7-9-19)13(16-2)17-10-11-4-5-12(15)22-11;/h4-5H,3,6-10H2,1-2H3,(H,16,17);1H. The molecule has 1 saturated heterocycles. The number of carbonyl (C=O) groups is 1. The van der Waals surface area contributed by atoms with Gasteiger partial charge in [0.1, 0.15) is 0 Å². The van der Waals surface area contributed by atoms with Crippen LogP contribution in [0.1, 0.15) is 11.8 Å². The molecule has 1 aliphatic heterocycles. The van der Waals surface area contributed by atoms with E-state index in [1.54, 1.807) is 23.3 Å². The van der Waals surface area contributed by atoms with Crippen molar-refractivity contribution in [1.29, 1.82) is 0 Å². The summed E-state index contributed by atoms with van der Waals surface area (Å²) in [5, 5.41) is 3.37. The summed E-state index contributed by atoms with van der Waals surface area (Å²) in [7, 11) is 1.78. The first-order chi connectivity index (χ1) is 10.6. The Hall–Kier alpha value is -0.550. The number of amides is 1. The summed E-state index contributed by atoms with van der Waals surface area (Å²) in [4.78, 5) is 21.2. The van der Waals surface area contributed by atoms with Crippen LogP contribution in [0.15, 0.2) is 20.9 Å². The lowest BCUT2D eigenvalue weighted by Crippen LogP contribution is -2.53. The highest BCUT2D eigenvalue weighted by atomic mass is 127. The molecule has 1 aliphatic rings. The van der Waals surface area contributed by atoms with Gasteiger partial charge in [0.2, 0.25) is 0 Å². The van der Waals surface area contributed by atoms with Gasteiger partial charge >= 0.3 is 6.09 Å². The summed E-state index contributed by atoms with van der Waals surface area (Å²) < 4.78 is 6.16. The Labute approximate surface area is 166 Å². The minimum atomic E-state index is -0.228. The fraction of sp³-hybridized carbons (Fsp3) is 0.571. The Bertz CT molecular complexity index is 533. The van der Waals surface area contributed by atoms with Crippen LogP contribution in [-0.4, -0.2) is 61.7 Å². The van der Waals surface area contributed by atoms with E-state index in [1.165, 1.54) is 4.88 Å². The maximum absolute atomic E-state index is 11.7. The second-order valence-corrected chi connectivity index (χ2v) is 7.33. The van der Waals surface area contributed by atoms with Gasteiger partial charge in [0.05, 0.1) is 16.9 Å². The molecule has 0 unspecified atom stereocenters. The van der Waals surface area contributed by atoms with E-state index in [2.05, 4.69) is 37.2 Å². The number of ether oxygens (including phenoxy) is 1. The Morgan fingerprint density at radius 2 is 2.00 bits per heavy atom. The molecule has 0 radical (unpaired) electrons. The minimum absolute atomic E-state index is 0. The molecule has 0 aromatic carbocycles. The Morgan fingerprint density at radius 3 is 2.52 bits per heavy atom. The number of aliphatic imine (C=N–C) groups is 1. The Kier molecular flexibility index (Phi) is 9.22. The van der Waals surface area contributed by atoms with E-state index in [-0.39, 0.29) is 30.1 Å². The molecule has 130 valence electrons. The maximum Gasteiger partial charge on any atom is 0.409 e. The van der Waals surface area contributed by atoms with Crippen LogP contribution in [0.25, 0.3) is 0 Å². The van der Waals surface area contributed by atoms with Gasteiger partial charge in [-0.15, -0.1) is 35.3 Å². The zero-order valence-corrected chi connectivity index (χ0v) is 18.0. The predicted molar refractivity (Wildman–Crippen MR) is 108 cm³/mol. The van der Waals surface area contributed by atoms with Crippen LogP contribution < -0.4 is 5.32 Å². The van der Waals surface area contributed by atoms with E-state index >= 15 is 0 Å². The molecular weight excluding hydrogens is 495 g/mol. The number of guanidine groups is 1. The minimum Gasteiger partial charge on any atom is -0.450 e. The molecule has 0 saturated carbocycles. The molecule has 23 heavy (non-hydrogen) atoms. The Balaban J connectivity index is 0.00000264. The second kappa shape index (κ2) is 10.3. The van der Waals surface area contributed by atoms with E-state index in [0.29, 0.717) is 19.7 Å². The normalized spacial score (nSPS) is 15.2. The van der Waals surface area contributed by atoms with Crippen molar-refractivity contribution in [2.45, 2.75) is 13.5 Å². The number of piperazine rings is 1. The monoisotopic (exact) mass is 516 g/mol. The van der Waals surface area contributed by atoms with E-state index in [1.807, 2.05) is 13.0 Å². The molecule has 1 fully saturated rings. The molecule has 1 aromatic rings. The van der Waals surface area contributed by atoms with Crippen LogP contribution in [0, 0.1) is 0 Å². The van der Waals surface area contributed by atoms with Crippen molar-refractivity contribution in [3.05, 3.63) is 20.8 Å². The number of nitrogens with zero attached hydrogens (tertiary/aromatic N) is 3. The van der Waals surface area contributed by atoms with Gasteiger partial charge in [-0.05, 0) is 35.0 Å². The lowest BCUT2D eigenvalue weighted by atomic mass is 10.3. The van der Waals surface area contributed by atoms with Crippen LogP contribution in [0.4, 0.5) is 4.79 Å². The summed E-state index contributed by atoms with van der Waals surface area (Å²) in [5.41, 5.74) is 0. The van der Waals surface area contributed by atoms with Gasteiger partial charge in [-0.1, -0.05) is 0 Å². The molecule has 6 nitrogen and oxygen atoms in total. The fourth-order valence-electron chi connectivity index (χ4n) is 2.26.